The molecule has 0 atom stereocenters. The number of nitrogens with zero attached hydrogens (tertiary/aromatic N) is 5. The van der Waals surface area contributed by atoms with E-state index in [4.69, 9.17) is 14.5 Å². The summed E-state index contributed by atoms with van der Waals surface area (Å²) in [7, 11) is 0. The van der Waals surface area contributed by atoms with E-state index >= 15 is 0 Å². The second-order valence-electron chi connectivity index (χ2n) is 7.04. The molecule has 0 spiro atoms. The number of benzene rings is 1. The Morgan fingerprint density at radius 1 is 1.28 bits per heavy atom. The molecule has 170 valence electrons. The Labute approximate surface area is 189 Å². The highest BCUT2D eigenvalue weighted by atomic mass is 32.2. The Balaban J connectivity index is 1.41. The molecule has 3 aromatic rings. The normalized spacial score (nSPS) is 14.0. The van der Waals surface area contributed by atoms with Crippen LogP contribution in [0.25, 0.3) is 11.0 Å². The Hall–Kier alpha value is -2.92. The number of carbonyl (C=O) groups is 1. The van der Waals surface area contributed by atoms with Crippen LogP contribution in [0.15, 0.2) is 35.6 Å². The van der Waals surface area contributed by atoms with Crippen molar-refractivity contribution in [3.05, 3.63) is 36.3 Å². The highest BCUT2D eigenvalue weighted by Gasteiger charge is 2.20. The number of carbonyl (C=O) groups excluding carboxylic acids is 1. The van der Waals surface area contributed by atoms with Crippen molar-refractivity contribution in [3.8, 4) is 5.75 Å². The van der Waals surface area contributed by atoms with Crippen molar-refractivity contribution in [2.75, 3.05) is 50.1 Å². The molecule has 11 heteroatoms. The standard InChI is InChI=1S/C21H25FN6O3S/c1-2-32-21-25-19(27-9-11-30-12-10-27)15-13-24-28(20(15)26-21)8-7-23-18(29)14-31-17-6-4-3-5-16(17)22/h3-6,13H,2,7-12,14H2,1H3,(H,23,29). The topological polar surface area (TPSA) is 94.4 Å². The smallest absolute Gasteiger partial charge is 0.258 e. The summed E-state index contributed by atoms with van der Waals surface area (Å²) in [5, 5.41) is 8.82. The summed E-state index contributed by atoms with van der Waals surface area (Å²) in [6.45, 7) is 5.43. The molecule has 4 rings (SSSR count). The summed E-state index contributed by atoms with van der Waals surface area (Å²) < 4.78 is 26.0. The minimum atomic E-state index is -0.500. The fourth-order valence-corrected chi connectivity index (χ4v) is 3.91. The third-order valence-electron chi connectivity index (χ3n) is 4.88. The SMILES string of the molecule is CCSc1nc(N2CCOCC2)c2cnn(CCNC(=O)COc3ccccc3F)c2n1. The van der Waals surface area contributed by atoms with Crippen LogP contribution in [-0.2, 0) is 16.1 Å². The van der Waals surface area contributed by atoms with E-state index in [1.54, 1.807) is 34.8 Å². The molecule has 0 unspecified atom stereocenters. The minimum absolute atomic E-state index is 0.0500. The van der Waals surface area contributed by atoms with Crippen molar-refractivity contribution in [2.45, 2.75) is 18.6 Å². The van der Waals surface area contributed by atoms with Crippen molar-refractivity contribution >= 4 is 34.5 Å². The fraction of sp³-hybridized carbons (Fsp3) is 0.429. The van der Waals surface area contributed by atoms with Gasteiger partial charge in [0, 0.05) is 19.6 Å². The first-order chi connectivity index (χ1) is 15.7. The number of hydrogen-bond donors (Lipinski definition) is 1. The molecule has 0 radical (unpaired) electrons. The van der Waals surface area contributed by atoms with E-state index in [-0.39, 0.29) is 18.3 Å². The van der Waals surface area contributed by atoms with Crippen molar-refractivity contribution in [1.29, 1.82) is 0 Å². The van der Waals surface area contributed by atoms with Gasteiger partial charge in [-0.05, 0) is 17.9 Å². The molecule has 0 saturated carbocycles. The second kappa shape index (κ2) is 10.6. The number of aromatic nitrogens is 4. The first-order valence-corrected chi connectivity index (χ1v) is 11.5. The number of hydrogen-bond acceptors (Lipinski definition) is 8. The first kappa shape index (κ1) is 22.3. The zero-order valence-electron chi connectivity index (χ0n) is 17.8. The van der Waals surface area contributed by atoms with E-state index in [1.165, 1.54) is 12.1 Å². The van der Waals surface area contributed by atoms with Crippen LogP contribution >= 0.6 is 11.8 Å². The van der Waals surface area contributed by atoms with Crippen molar-refractivity contribution in [1.82, 2.24) is 25.1 Å². The van der Waals surface area contributed by atoms with Gasteiger partial charge in [-0.25, -0.2) is 19.0 Å². The Morgan fingerprint density at radius 2 is 2.09 bits per heavy atom. The number of fused-ring (bicyclic) bond motifs is 1. The minimum Gasteiger partial charge on any atom is -0.481 e. The van der Waals surface area contributed by atoms with E-state index in [0.717, 1.165) is 35.7 Å². The maximum atomic E-state index is 13.6. The third-order valence-corrected chi connectivity index (χ3v) is 5.61. The molecule has 9 nitrogen and oxygen atoms in total. The van der Waals surface area contributed by atoms with E-state index in [2.05, 4.69) is 27.2 Å². The van der Waals surface area contributed by atoms with Crippen molar-refractivity contribution < 1.29 is 18.7 Å². The molecule has 1 amide bonds. The number of thioether (sulfide) groups is 1. The summed E-state index contributed by atoms with van der Waals surface area (Å²) in [6, 6.07) is 5.98. The van der Waals surface area contributed by atoms with Gasteiger partial charge in [-0.1, -0.05) is 30.8 Å². The largest absolute Gasteiger partial charge is 0.481 e. The van der Waals surface area contributed by atoms with Crippen LogP contribution in [0.2, 0.25) is 0 Å². The van der Waals surface area contributed by atoms with Gasteiger partial charge in [0.2, 0.25) is 0 Å². The van der Waals surface area contributed by atoms with Crippen LogP contribution in [-0.4, -0.2) is 70.9 Å². The molecule has 1 fully saturated rings. The van der Waals surface area contributed by atoms with Gasteiger partial charge in [-0.2, -0.15) is 5.10 Å². The molecular weight excluding hydrogens is 435 g/mol. The highest BCUT2D eigenvalue weighted by molar-refractivity contribution is 7.99. The average Bonchev–Trinajstić information content (AvgIpc) is 3.22. The van der Waals surface area contributed by atoms with E-state index < -0.39 is 5.82 Å². The van der Waals surface area contributed by atoms with Gasteiger partial charge >= 0.3 is 0 Å². The zero-order chi connectivity index (χ0) is 22.3. The lowest BCUT2D eigenvalue weighted by Gasteiger charge is -2.28. The van der Waals surface area contributed by atoms with Gasteiger partial charge in [0.25, 0.3) is 5.91 Å². The van der Waals surface area contributed by atoms with Crippen LogP contribution in [0, 0.1) is 5.82 Å². The highest BCUT2D eigenvalue weighted by Crippen LogP contribution is 2.27. The van der Waals surface area contributed by atoms with Gasteiger partial charge in [0.15, 0.2) is 29.0 Å². The van der Waals surface area contributed by atoms with E-state index in [1.807, 2.05) is 0 Å². The summed E-state index contributed by atoms with van der Waals surface area (Å²) in [4.78, 5) is 23.7. The van der Waals surface area contributed by atoms with Crippen molar-refractivity contribution in [3.63, 3.8) is 0 Å². The zero-order valence-corrected chi connectivity index (χ0v) is 18.6. The number of halogens is 1. The van der Waals surface area contributed by atoms with Crippen LogP contribution < -0.4 is 15.0 Å². The number of amides is 1. The molecule has 3 heterocycles. The lowest BCUT2D eigenvalue weighted by atomic mass is 10.3. The number of anilines is 1. The van der Waals surface area contributed by atoms with Gasteiger partial charge in [-0.15, -0.1) is 0 Å². The summed E-state index contributed by atoms with van der Waals surface area (Å²) in [6.07, 6.45) is 1.77. The molecule has 1 aliphatic rings. The predicted octanol–water partition coefficient (Wildman–Crippen LogP) is 2.11. The Bertz CT molecular complexity index is 1070. The van der Waals surface area contributed by atoms with Gasteiger partial charge in [-0.3, -0.25) is 4.79 Å². The average molecular weight is 461 g/mol. The summed E-state index contributed by atoms with van der Waals surface area (Å²) in [5.41, 5.74) is 0.731. The number of nitrogens with one attached hydrogen (secondary N) is 1. The molecule has 0 bridgehead atoms. The lowest BCUT2D eigenvalue weighted by Crippen LogP contribution is -2.37. The predicted molar refractivity (Wildman–Crippen MR) is 120 cm³/mol. The van der Waals surface area contributed by atoms with E-state index in [0.29, 0.717) is 31.5 Å². The molecule has 1 N–H and O–H groups in total. The number of ether oxygens (including phenoxy) is 2. The van der Waals surface area contributed by atoms with Gasteiger partial charge in [0.05, 0.1) is 31.3 Å². The summed E-state index contributed by atoms with van der Waals surface area (Å²) in [5.74, 6) is 0.938. The third kappa shape index (κ3) is 5.28. The molecule has 2 aromatic heterocycles. The monoisotopic (exact) mass is 460 g/mol. The quantitative estimate of drug-likeness (QED) is 0.383. The fourth-order valence-electron chi connectivity index (χ4n) is 3.35. The molecule has 32 heavy (non-hydrogen) atoms. The number of rotatable bonds is 9. The van der Waals surface area contributed by atoms with Crippen LogP contribution in [0.4, 0.5) is 10.2 Å². The number of morpholine rings is 1. The Kier molecular flexibility index (Phi) is 7.38. The Morgan fingerprint density at radius 3 is 2.88 bits per heavy atom. The van der Waals surface area contributed by atoms with Gasteiger partial charge in [0.1, 0.15) is 5.82 Å². The molecular formula is C21H25FN6O3S. The molecule has 1 aromatic carbocycles. The van der Waals surface area contributed by atoms with Crippen LogP contribution in [0.3, 0.4) is 0 Å². The molecule has 1 saturated heterocycles. The van der Waals surface area contributed by atoms with Crippen molar-refractivity contribution in [2.24, 2.45) is 0 Å². The van der Waals surface area contributed by atoms with Crippen LogP contribution in [0.1, 0.15) is 6.92 Å². The first-order valence-electron chi connectivity index (χ1n) is 10.5. The molecule has 0 aliphatic carbocycles. The lowest BCUT2D eigenvalue weighted by molar-refractivity contribution is -0.123. The maximum Gasteiger partial charge on any atom is 0.258 e. The number of para-hydroxylation sites is 1. The van der Waals surface area contributed by atoms with Gasteiger partial charge < -0.3 is 19.7 Å². The van der Waals surface area contributed by atoms with E-state index in [9.17, 15) is 9.18 Å². The van der Waals surface area contributed by atoms with Crippen LogP contribution in [0.5, 0.6) is 5.75 Å². The second-order valence-corrected chi connectivity index (χ2v) is 8.27. The summed E-state index contributed by atoms with van der Waals surface area (Å²) >= 11 is 1.58. The maximum absolute atomic E-state index is 13.6. The molecule has 1 aliphatic heterocycles.